The minimum absolute atomic E-state index is 0.0122. The van der Waals surface area contributed by atoms with Crippen LogP contribution >= 0.6 is 0 Å². The number of benzene rings is 2. The van der Waals surface area contributed by atoms with Crippen molar-refractivity contribution >= 4 is 5.91 Å². The molecule has 1 saturated heterocycles. The molecule has 0 saturated carbocycles. The van der Waals surface area contributed by atoms with E-state index >= 15 is 0 Å². The van der Waals surface area contributed by atoms with Crippen LogP contribution in [-0.2, 0) is 4.79 Å². The van der Waals surface area contributed by atoms with E-state index in [2.05, 4.69) is 22.3 Å². The quantitative estimate of drug-likeness (QED) is 0.720. The Morgan fingerprint density at radius 2 is 1.46 bits per heavy atom. The first-order valence-electron chi connectivity index (χ1n) is 9.61. The lowest BCUT2D eigenvalue weighted by molar-refractivity contribution is -0.123. The number of amides is 1. The Balaban J connectivity index is 1.55. The standard InChI is InChI=1S/C22H28N2O4/c1-26-18-7-5-17(6-8-18)21(24-13-3-4-14-24)15-23-22(25)16-28-20-11-9-19(27-2)10-12-20/h5-12,21H,3-4,13-16H2,1-2H3,(H,23,25)/t21-/m0/s1. The summed E-state index contributed by atoms with van der Waals surface area (Å²) in [5.41, 5.74) is 1.18. The molecule has 1 atom stereocenters. The van der Waals surface area contributed by atoms with E-state index in [1.54, 1.807) is 38.5 Å². The lowest BCUT2D eigenvalue weighted by Gasteiger charge is -2.28. The average Bonchev–Trinajstić information content (AvgIpc) is 3.28. The van der Waals surface area contributed by atoms with Gasteiger partial charge in [0.25, 0.3) is 5.91 Å². The van der Waals surface area contributed by atoms with E-state index in [1.807, 2.05) is 12.1 Å². The number of carbonyl (C=O) groups excluding carboxylic acids is 1. The zero-order valence-corrected chi connectivity index (χ0v) is 16.5. The van der Waals surface area contributed by atoms with Crippen LogP contribution in [0, 0.1) is 0 Å². The van der Waals surface area contributed by atoms with Crippen LogP contribution in [0.1, 0.15) is 24.4 Å². The Labute approximate surface area is 166 Å². The lowest BCUT2D eigenvalue weighted by atomic mass is 10.1. The summed E-state index contributed by atoms with van der Waals surface area (Å²) >= 11 is 0. The van der Waals surface area contributed by atoms with Crippen molar-refractivity contribution in [3.63, 3.8) is 0 Å². The van der Waals surface area contributed by atoms with Gasteiger partial charge in [-0.15, -0.1) is 0 Å². The van der Waals surface area contributed by atoms with Crippen molar-refractivity contribution < 1.29 is 19.0 Å². The average molecular weight is 384 g/mol. The number of nitrogens with one attached hydrogen (secondary N) is 1. The van der Waals surface area contributed by atoms with E-state index in [4.69, 9.17) is 14.2 Å². The Morgan fingerprint density at radius 3 is 2.04 bits per heavy atom. The minimum atomic E-state index is -0.131. The molecule has 1 aliphatic heterocycles. The van der Waals surface area contributed by atoms with Crippen LogP contribution in [0.2, 0.25) is 0 Å². The summed E-state index contributed by atoms with van der Waals surface area (Å²) < 4.78 is 15.9. The van der Waals surface area contributed by atoms with Crippen molar-refractivity contribution in [2.45, 2.75) is 18.9 Å². The van der Waals surface area contributed by atoms with Gasteiger partial charge in [0.15, 0.2) is 6.61 Å². The number of hydrogen-bond donors (Lipinski definition) is 1. The molecule has 0 bridgehead atoms. The second kappa shape index (κ2) is 9.99. The second-order valence-corrected chi connectivity index (χ2v) is 6.80. The fourth-order valence-electron chi connectivity index (χ4n) is 3.42. The molecule has 1 N–H and O–H groups in total. The Hall–Kier alpha value is -2.73. The van der Waals surface area contributed by atoms with Gasteiger partial charge in [-0.2, -0.15) is 0 Å². The molecular weight excluding hydrogens is 356 g/mol. The van der Waals surface area contributed by atoms with E-state index in [9.17, 15) is 4.79 Å². The molecule has 150 valence electrons. The zero-order chi connectivity index (χ0) is 19.8. The second-order valence-electron chi connectivity index (χ2n) is 6.80. The molecule has 1 heterocycles. The van der Waals surface area contributed by atoms with Crippen LogP contribution in [0.15, 0.2) is 48.5 Å². The van der Waals surface area contributed by atoms with Gasteiger partial charge in [0, 0.05) is 6.54 Å². The zero-order valence-electron chi connectivity index (χ0n) is 16.5. The predicted molar refractivity (Wildman–Crippen MR) is 108 cm³/mol. The molecule has 0 aliphatic carbocycles. The number of rotatable bonds is 9. The van der Waals surface area contributed by atoms with Crippen LogP contribution in [0.25, 0.3) is 0 Å². The molecule has 0 aromatic heterocycles. The largest absolute Gasteiger partial charge is 0.497 e. The molecule has 0 unspecified atom stereocenters. The molecule has 1 fully saturated rings. The van der Waals surface area contributed by atoms with Gasteiger partial charge in [0.2, 0.25) is 0 Å². The Bertz CT molecular complexity index is 740. The van der Waals surface area contributed by atoms with Crippen molar-refractivity contribution in [2.75, 3.05) is 40.5 Å². The summed E-state index contributed by atoms with van der Waals surface area (Å²) in [6, 6.07) is 15.4. The highest BCUT2D eigenvalue weighted by Crippen LogP contribution is 2.26. The van der Waals surface area contributed by atoms with Crippen molar-refractivity contribution in [1.82, 2.24) is 10.2 Å². The molecule has 2 aromatic rings. The molecule has 6 heteroatoms. The summed E-state index contributed by atoms with van der Waals surface area (Å²) in [7, 11) is 3.28. The third-order valence-corrected chi connectivity index (χ3v) is 5.00. The van der Waals surface area contributed by atoms with E-state index in [-0.39, 0.29) is 18.6 Å². The van der Waals surface area contributed by atoms with E-state index < -0.39 is 0 Å². The molecular formula is C22H28N2O4. The highest BCUT2D eigenvalue weighted by atomic mass is 16.5. The molecule has 0 spiro atoms. The Kier molecular flexibility index (Phi) is 7.14. The van der Waals surface area contributed by atoms with Gasteiger partial charge < -0.3 is 19.5 Å². The molecule has 1 aliphatic rings. The SMILES string of the molecule is COc1ccc(OCC(=O)NC[C@@H](c2ccc(OC)cc2)N2CCCC2)cc1. The molecule has 0 radical (unpaired) electrons. The van der Waals surface area contributed by atoms with E-state index in [0.29, 0.717) is 12.3 Å². The topological polar surface area (TPSA) is 60.0 Å². The maximum atomic E-state index is 12.3. The summed E-state index contributed by atoms with van der Waals surface area (Å²) in [6.07, 6.45) is 2.39. The van der Waals surface area contributed by atoms with Gasteiger partial charge in [0.1, 0.15) is 17.2 Å². The maximum Gasteiger partial charge on any atom is 0.258 e. The van der Waals surface area contributed by atoms with Crippen LogP contribution in [0.4, 0.5) is 0 Å². The monoisotopic (exact) mass is 384 g/mol. The summed E-state index contributed by atoms with van der Waals surface area (Å²) in [5, 5.41) is 3.02. The van der Waals surface area contributed by atoms with Crippen molar-refractivity contribution in [1.29, 1.82) is 0 Å². The van der Waals surface area contributed by atoms with Crippen molar-refractivity contribution in [3.8, 4) is 17.2 Å². The van der Waals surface area contributed by atoms with Crippen LogP contribution in [0.5, 0.6) is 17.2 Å². The number of methoxy groups -OCH3 is 2. The molecule has 6 nitrogen and oxygen atoms in total. The van der Waals surface area contributed by atoms with Crippen molar-refractivity contribution in [2.24, 2.45) is 0 Å². The molecule has 3 rings (SSSR count). The number of nitrogens with zero attached hydrogens (tertiary/aromatic N) is 1. The van der Waals surface area contributed by atoms with Crippen molar-refractivity contribution in [3.05, 3.63) is 54.1 Å². The summed E-state index contributed by atoms with van der Waals surface area (Å²) in [4.78, 5) is 14.7. The smallest absolute Gasteiger partial charge is 0.258 e. The molecule has 2 aromatic carbocycles. The number of ether oxygens (including phenoxy) is 3. The van der Waals surface area contributed by atoms with E-state index in [0.717, 1.165) is 24.6 Å². The molecule has 28 heavy (non-hydrogen) atoms. The normalized spacial score (nSPS) is 15.1. The predicted octanol–water partition coefficient (Wildman–Crippen LogP) is 3.04. The lowest BCUT2D eigenvalue weighted by Crippen LogP contribution is -2.38. The van der Waals surface area contributed by atoms with Crippen LogP contribution in [-0.4, -0.2) is 51.3 Å². The summed E-state index contributed by atoms with van der Waals surface area (Å²) in [6.45, 7) is 2.64. The number of likely N-dealkylation sites (tertiary alicyclic amines) is 1. The van der Waals surface area contributed by atoms with Crippen LogP contribution in [0.3, 0.4) is 0 Å². The molecule has 1 amide bonds. The van der Waals surface area contributed by atoms with E-state index in [1.165, 1.54) is 18.4 Å². The third-order valence-electron chi connectivity index (χ3n) is 5.00. The third kappa shape index (κ3) is 5.39. The number of hydrogen-bond acceptors (Lipinski definition) is 5. The fourth-order valence-corrected chi connectivity index (χ4v) is 3.42. The summed E-state index contributed by atoms with van der Waals surface area (Å²) in [5.74, 6) is 2.10. The fraction of sp³-hybridized carbons (Fsp3) is 0.409. The number of carbonyl (C=O) groups is 1. The van der Waals surface area contributed by atoms with Gasteiger partial charge in [0.05, 0.1) is 20.3 Å². The van der Waals surface area contributed by atoms with Crippen LogP contribution < -0.4 is 19.5 Å². The van der Waals surface area contributed by atoms with Gasteiger partial charge in [-0.25, -0.2) is 0 Å². The minimum Gasteiger partial charge on any atom is -0.497 e. The highest BCUT2D eigenvalue weighted by Gasteiger charge is 2.24. The maximum absolute atomic E-state index is 12.3. The van der Waals surface area contributed by atoms with Gasteiger partial charge in [-0.1, -0.05) is 12.1 Å². The first-order valence-corrected chi connectivity index (χ1v) is 9.61. The van der Waals surface area contributed by atoms with Gasteiger partial charge >= 0.3 is 0 Å². The van der Waals surface area contributed by atoms with Gasteiger partial charge in [-0.05, 0) is 67.9 Å². The Morgan fingerprint density at radius 1 is 0.929 bits per heavy atom. The highest BCUT2D eigenvalue weighted by molar-refractivity contribution is 5.77. The first kappa shape index (κ1) is 20.0. The first-order chi connectivity index (χ1) is 13.7. The van der Waals surface area contributed by atoms with Gasteiger partial charge in [-0.3, -0.25) is 9.69 Å².